The number of hydrogen-bond acceptors (Lipinski definition) is 10. The van der Waals surface area contributed by atoms with Gasteiger partial charge in [-0.25, -0.2) is 19.6 Å². The van der Waals surface area contributed by atoms with E-state index in [1.54, 1.807) is 6.20 Å². The Labute approximate surface area is 221 Å². The van der Waals surface area contributed by atoms with Crippen molar-refractivity contribution in [3.8, 4) is 0 Å². The number of ether oxygens (including phenoxy) is 4. The van der Waals surface area contributed by atoms with Crippen LogP contribution in [-0.4, -0.2) is 64.9 Å². The van der Waals surface area contributed by atoms with Crippen LogP contribution in [0.4, 0.5) is 0 Å². The van der Waals surface area contributed by atoms with Crippen molar-refractivity contribution in [1.82, 2.24) is 15.3 Å². The first-order valence-electron chi connectivity index (χ1n) is 13.4. The summed E-state index contributed by atoms with van der Waals surface area (Å²) in [5, 5.41) is 2.62. The summed E-state index contributed by atoms with van der Waals surface area (Å²) in [5.41, 5.74) is -0.0775. The zero-order valence-corrected chi connectivity index (χ0v) is 22.3. The molecular formula is C26H37N3O9. The quantitative estimate of drug-likeness (QED) is 0.375. The van der Waals surface area contributed by atoms with Gasteiger partial charge in [0.05, 0.1) is 19.9 Å². The number of hydrogen-bond donors (Lipinski definition) is 2. The first kappa shape index (κ1) is 27.0. The van der Waals surface area contributed by atoms with Gasteiger partial charge in [-0.05, 0) is 38.0 Å². The van der Waals surface area contributed by atoms with E-state index >= 15 is 0 Å². The van der Waals surface area contributed by atoms with Crippen molar-refractivity contribution in [3.05, 3.63) is 18.2 Å². The molecule has 1 aliphatic carbocycles. The summed E-state index contributed by atoms with van der Waals surface area (Å²) in [6.45, 7) is 6.07. The van der Waals surface area contributed by atoms with Crippen LogP contribution >= 0.6 is 0 Å². The number of aromatic nitrogens is 2. The molecule has 0 aromatic carbocycles. The third kappa shape index (κ3) is 4.94. The van der Waals surface area contributed by atoms with Crippen LogP contribution in [0.15, 0.2) is 12.5 Å². The number of esters is 2. The van der Waals surface area contributed by atoms with Crippen LogP contribution in [0.3, 0.4) is 0 Å². The van der Waals surface area contributed by atoms with Crippen LogP contribution in [0.2, 0.25) is 0 Å². The zero-order chi connectivity index (χ0) is 27.1. The Morgan fingerprint density at radius 2 is 2.00 bits per heavy atom. The highest BCUT2D eigenvalue weighted by Crippen LogP contribution is 2.60. The van der Waals surface area contributed by atoms with Gasteiger partial charge in [0.2, 0.25) is 18.0 Å². The fraction of sp³-hybridized carbons (Fsp3) is 0.769. The maximum Gasteiger partial charge on any atom is 0.328 e. The monoisotopic (exact) mass is 535 g/mol. The number of nitrogens with zero attached hydrogens (tertiary/aromatic N) is 1. The number of amides is 1. The van der Waals surface area contributed by atoms with E-state index in [4.69, 9.17) is 28.7 Å². The first-order chi connectivity index (χ1) is 18.1. The lowest BCUT2D eigenvalue weighted by molar-refractivity contribution is -0.576. The number of methoxy groups -OCH3 is 1. The molecule has 12 nitrogen and oxygen atoms in total. The van der Waals surface area contributed by atoms with Gasteiger partial charge in [0.15, 0.2) is 11.9 Å². The molecular weight excluding hydrogens is 498 g/mol. The molecule has 9 atom stereocenters. The molecule has 5 heterocycles. The van der Waals surface area contributed by atoms with E-state index in [1.807, 2.05) is 13.8 Å². The molecule has 0 radical (unpaired) electrons. The van der Waals surface area contributed by atoms with Crippen molar-refractivity contribution >= 4 is 17.8 Å². The standard InChI is InChI=1S/C26H37N3O9/c1-14-5-6-18-15(2)23(35-24-26(18)17(14)9-10-25(3,36-24)37-38-26)34-21(31)8-7-20(30)29-19(22(32)33-4)11-16-12-27-13-28-16/h12-15,17-19,23-24H,5-11H2,1-4H3,(H,27,28)(H,29,30)/t14-,15-,17+,18+,19+,23-,24-,25-,26-/m1/s1. The maximum absolute atomic E-state index is 12.8. The van der Waals surface area contributed by atoms with E-state index in [0.29, 0.717) is 18.0 Å². The summed E-state index contributed by atoms with van der Waals surface area (Å²) in [4.78, 5) is 56.2. The van der Waals surface area contributed by atoms with Crippen LogP contribution in [0, 0.1) is 23.7 Å². The first-order valence-corrected chi connectivity index (χ1v) is 13.4. The van der Waals surface area contributed by atoms with E-state index in [1.165, 1.54) is 13.4 Å². The summed E-state index contributed by atoms with van der Waals surface area (Å²) in [7, 11) is 1.25. The molecule has 1 spiro atoms. The summed E-state index contributed by atoms with van der Waals surface area (Å²) >= 11 is 0. The maximum atomic E-state index is 12.8. The predicted octanol–water partition coefficient (Wildman–Crippen LogP) is 2.14. The average molecular weight is 536 g/mol. The lowest BCUT2D eigenvalue weighted by atomic mass is 9.58. The lowest BCUT2D eigenvalue weighted by Gasteiger charge is -2.59. The predicted molar refractivity (Wildman–Crippen MR) is 128 cm³/mol. The van der Waals surface area contributed by atoms with Gasteiger partial charge < -0.3 is 29.2 Å². The summed E-state index contributed by atoms with van der Waals surface area (Å²) in [6, 6.07) is -0.908. The van der Waals surface area contributed by atoms with Crippen molar-refractivity contribution < 1.29 is 43.1 Å². The van der Waals surface area contributed by atoms with Crippen LogP contribution in [0.25, 0.3) is 0 Å². The molecule has 210 valence electrons. The number of imidazole rings is 1. The minimum atomic E-state index is -0.920. The van der Waals surface area contributed by atoms with Gasteiger partial charge in [-0.15, -0.1) is 0 Å². The van der Waals surface area contributed by atoms with Crippen molar-refractivity contribution in [3.63, 3.8) is 0 Å². The Morgan fingerprint density at radius 3 is 2.74 bits per heavy atom. The number of aromatic amines is 1. The highest BCUT2D eigenvalue weighted by Gasteiger charge is 2.69. The van der Waals surface area contributed by atoms with Crippen molar-refractivity contribution in [1.29, 1.82) is 0 Å². The molecule has 1 aromatic heterocycles. The number of rotatable bonds is 8. The van der Waals surface area contributed by atoms with E-state index < -0.39 is 47.9 Å². The minimum Gasteiger partial charge on any atom is -0.467 e. The molecule has 5 fully saturated rings. The average Bonchev–Trinajstić information content (AvgIpc) is 3.30. The summed E-state index contributed by atoms with van der Waals surface area (Å²) in [5.74, 6) is -2.05. The van der Waals surface area contributed by atoms with Gasteiger partial charge in [-0.1, -0.05) is 13.8 Å². The molecule has 1 saturated carbocycles. The molecule has 4 aliphatic heterocycles. The van der Waals surface area contributed by atoms with Gasteiger partial charge in [-0.2, -0.15) is 0 Å². The molecule has 4 saturated heterocycles. The molecule has 38 heavy (non-hydrogen) atoms. The van der Waals surface area contributed by atoms with Crippen LogP contribution < -0.4 is 5.32 Å². The lowest BCUT2D eigenvalue weighted by Crippen LogP contribution is -2.70. The number of carbonyl (C=O) groups is 3. The van der Waals surface area contributed by atoms with Gasteiger partial charge in [-0.3, -0.25) is 9.59 Å². The van der Waals surface area contributed by atoms with Gasteiger partial charge in [0, 0.05) is 43.0 Å². The largest absolute Gasteiger partial charge is 0.467 e. The highest BCUT2D eigenvalue weighted by molar-refractivity contribution is 5.86. The third-order valence-electron chi connectivity index (χ3n) is 8.70. The second kappa shape index (κ2) is 10.6. The molecule has 1 aromatic rings. The van der Waals surface area contributed by atoms with Crippen LogP contribution in [0.1, 0.15) is 65.0 Å². The van der Waals surface area contributed by atoms with Crippen LogP contribution in [-0.2, 0) is 49.5 Å². The second-order valence-corrected chi connectivity index (χ2v) is 11.2. The number of carbonyl (C=O) groups excluding carboxylic acids is 3. The Morgan fingerprint density at radius 1 is 1.18 bits per heavy atom. The highest BCUT2D eigenvalue weighted by atomic mass is 17.3. The second-order valence-electron chi connectivity index (χ2n) is 11.2. The van der Waals surface area contributed by atoms with Crippen molar-refractivity contribution in [2.24, 2.45) is 23.7 Å². The van der Waals surface area contributed by atoms with Crippen molar-refractivity contribution in [2.45, 2.75) is 95.7 Å². The Balaban J connectivity index is 1.19. The fourth-order valence-corrected chi connectivity index (χ4v) is 6.63. The van der Waals surface area contributed by atoms with Gasteiger partial charge in [0.25, 0.3) is 0 Å². The molecule has 1 amide bonds. The Kier molecular flexibility index (Phi) is 7.51. The van der Waals surface area contributed by atoms with Crippen LogP contribution in [0.5, 0.6) is 0 Å². The fourth-order valence-electron chi connectivity index (χ4n) is 6.63. The summed E-state index contributed by atoms with van der Waals surface area (Å²) in [6.07, 6.45) is 4.86. The van der Waals surface area contributed by atoms with E-state index in [9.17, 15) is 14.4 Å². The van der Waals surface area contributed by atoms with E-state index in [-0.39, 0.29) is 37.0 Å². The Bertz CT molecular complexity index is 1040. The number of nitrogens with one attached hydrogen (secondary N) is 2. The molecule has 6 rings (SSSR count). The molecule has 2 N–H and O–H groups in total. The molecule has 2 bridgehead atoms. The van der Waals surface area contributed by atoms with Gasteiger partial charge >= 0.3 is 11.9 Å². The topological polar surface area (TPSA) is 147 Å². The third-order valence-corrected chi connectivity index (χ3v) is 8.70. The van der Waals surface area contributed by atoms with E-state index in [0.717, 1.165) is 19.3 Å². The SMILES string of the molecule is COC(=O)[C@H](Cc1cnc[nH]1)NC(=O)CCC(=O)O[C@@H]1O[C@@H]2O[C@@]3(C)CC[C@H]4[C@H](C)CC[C@@H]([C@H]1C)[C@@]24OO3. The molecule has 0 unspecified atom stereocenters. The minimum absolute atomic E-state index is 0.0227. The van der Waals surface area contributed by atoms with Gasteiger partial charge in [0.1, 0.15) is 6.04 Å². The zero-order valence-electron chi connectivity index (χ0n) is 22.3. The number of H-pyrrole nitrogens is 1. The Hall–Kier alpha value is -2.54. The molecule has 12 heteroatoms. The molecule has 5 aliphatic rings. The smallest absolute Gasteiger partial charge is 0.328 e. The van der Waals surface area contributed by atoms with E-state index in [2.05, 4.69) is 22.2 Å². The van der Waals surface area contributed by atoms with Crippen molar-refractivity contribution in [2.75, 3.05) is 7.11 Å². The normalized spacial score (nSPS) is 38.4. The number of fused-ring (bicyclic) bond motifs is 2. The summed E-state index contributed by atoms with van der Waals surface area (Å²) < 4.78 is 23.1.